The standard InChI is InChI=1S/C22H22O12/c1-31-9-5-12(26)15-13(6-9)32-20(8-2-3-10(24)11(25)4-8)21(17(15)28)34-22-19(30)18(29)16(27)14(7-23)33-22/h2-6,14,16,18-19,22-27,29-30H,7H2,1H3/t14-,16-,18+,19-,22-/m0/s1. The highest BCUT2D eigenvalue weighted by atomic mass is 16.7. The van der Waals surface area contributed by atoms with Crippen LogP contribution in [-0.4, -0.2) is 80.2 Å². The fourth-order valence-electron chi connectivity index (χ4n) is 3.62. The number of rotatable bonds is 5. The van der Waals surface area contributed by atoms with Gasteiger partial charge in [0, 0.05) is 17.7 Å². The lowest BCUT2D eigenvalue weighted by Gasteiger charge is -2.39. The molecular weight excluding hydrogens is 456 g/mol. The predicted molar refractivity (Wildman–Crippen MR) is 114 cm³/mol. The summed E-state index contributed by atoms with van der Waals surface area (Å²) in [6.45, 7) is -0.726. The van der Waals surface area contributed by atoms with E-state index in [4.69, 9.17) is 18.6 Å². The molecule has 0 aliphatic carbocycles. The zero-order chi connectivity index (χ0) is 24.7. The van der Waals surface area contributed by atoms with E-state index in [0.717, 1.165) is 12.1 Å². The van der Waals surface area contributed by atoms with Gasteiger partial charge in [0.1, 0.15) is 46.9 Å². The Labute approximate surface area is 191 Å². The summed E-state index contributed by atoms with van der Waals surface area (Å²) >= 11 is 0. The lowest BCUT2D eigenvalue weighted by Crippen LogP contribution is -2.60. The van der Waals surface area contributed by atoms with E-state index in [2.05, 4.69) is 0 Å². The van der Waals surface area contributed by atoms with Crippen LogP contribution in [0.4, 0.5) is 0 Å². The number of aromatic hydroxyl groups is 3. The molecule has 1 fully saturated rings. The van der Waals surface area contributed by atoms with Gasteiger partial charge < -0.3 is 54.4 Å². The first-order valence-electron chi connectivity index (χ1n) is 10.0. The van der Waals surface area contributed by atoms with Gasteiger partial charge >= 0.3 is 0 Å². The smallest absolute Gasteiger partial charge is 0.239 e. The summed E-state index contributed by atoms with van der Waals surface area (Å²) < 4.78 is 21.8. The second-order valence-electron chi connectivity index (χ2n) is 7.63. The topological polar surface area (TPSA) is 200 Å². The summed E-state index contributed by atoms with van der Waals surface area (Å²) in [5, 5.41) is 69.5. The van der Waals surface area contributed by atoms with Crippen LogP contribution < -0.4 is 14.9 Å². The Balaban J connectivity index is 1.92. The van der Waals surface area contributed by atoms with Crippen molar-refractivity contribution in [2.24, 2.45) is 0 Å². The number of phenolic OH excluding ortho intramolecular Hbond substituents is 3. The van der Waals surface area contributed by atoms with Gasteiger partial charge in [-0.15, -0.1) is 0 Å². The molecule has 2 heterocycles. The van der Waals surface area contributed by atoms with Crippen molar-refractivity contribution in [1.82, 2.24) is 0 Å². The first-order valence-corrected chi connectivity index (χ1v) is 10.0. The average molecular weight is 478 g/mol. The van der Waals surface area contributed by atoms with E-state index in [1.54, 1.807) is 0 Å². The first-order chi connectivity index (χ1) is 16.2. The molecule has 0 unspecified atom stereocenters. The Morgan fingerprint density at radius 3 is 2.32 bits per heavy atom. The minimum absolute atomic E-state index is 0.0659. The molecule has 5 atom stereocenters. The van der Waals surface area contributed by atoms with Crippen LogP contribution in [0.3, 0.4) is 0 Å². The molecule has 2 aromatic carbocycles. The molecule has 0 bridgehead atoms. The summed E-state index contributed by atoms with van der Waals surface area (Å²) in [4.78, 5) is 13.4. The second-order valence-corrected chi connectivity index (χ2v) is 7.63. The van der Waals surface area contributed by atoms with Crippen molar-refractivity contribution < 1.29 is 54.4 Å². The van der Waals surface area contributed by atoms with Gasteiger partial charge in [0.05, 0.1) is 13.7 Å². The maximum absolute atomic E-state index is 13.4. The number of methoxy groups -OCH3 is 1. The Morgan fingerprint density at radius 2 is 1.68 bits per heavy atom. The molecule has 34 heavy (non-hydrogen) atoms. The van der Waals surface area contributed by atoms with Crippen molar-refractivity contribution in [2.45, 2.75) is 30.7 Å². The van der Waals surface area contributed by atoms with E-state index in [1.165, 1.54) is 25.3 Å². The molecule has 182 valence electrons. The van der Waals surface area contributed by atoms with Gasteiger partial charge in [0.15, 0.2) is 17.3 Å². The quantitative estimate of drug-likeness (QED) is 0.238. The van der Waals surface area contributed by atoms with Crippen molar-refractivity contribution in [1.29, 1.82) is 0 Å². The molecule has 1 saturated heterocycles. The highest BCUT2D eigenvalue weighted by molar-refractivity contribution is 5.88. The Hall–Kier alpha value is -3.55. The third-order valence-electron chi connectivity index (χ3n) is 5.46. The summed E-state index contributed by atoms with van der Waals surface area (Å²) in [7, 11) is 1.34. The van der Waals surface area contributed by atoms with Crippen LogP contribution in [0.5, 0.6) is 28.7 Å². The van der Waals surface area contributed by atoms with E-state index in [-0.39, 0.29) is 28.0 Å². The normalized spacial score (nSPS) is 24.8. The predicted octanol–water partition coefficient (Wildman–Crippen LogP) is -0.236. The number of fused-ring (bicyclic) bond motifs is 1. The molecule has 0 amide bonds. The largest absolute Gasteiger partial charge is 0.507 e. The number of phenols is 3. The van der Waals surface area contributed by atoms with E-state index < -0.39 is 65.7 Å². The van der Waals surface area contributed by atoms with E-state index >= 15 is 0 Å². The number of aliphatic hydroxyl groups is 4. The molecular formula is C22H22O12. The molecule has 3 aromatic rings. The molecule has 12 nitrogen and oxygen atoms in total. The van der Waals surface area contributed by atoms with Gasteiger partial charge in [-0.3, -0.25) is 4.79 Å². The van der Waals surface area contributed by atoms with Crippen molar-refractivity contribution in [3.8, 4) is 40.1 Å². The minimum atomic E-state index is -1.83. The van der Waals surface area contributed by atoms with E-state index in [1.807, 2.05) is 0 Å². The van der Waals surface area contributed by atoms with Gasteiger partial charge in [-0.25, -0.2) is 0 Å². The summed E-state index contributed by atoms with van der Waals surface area (Å²) in [5.74, 6) is -2.16. The molecule has 0 saturated carbocycles. The monoisotopic (exact) mass is 478 g/mol. The number of benzene rings is 2. The Kier molecular flexibility index (Phi) is 6.25. The fraction of sp³-hybridized carbons (Fsp3) is 0.318. The number of aliphatic hydroxyl groups excluding tert-OH is 4. The number of hydrogen-bond acceptors (Lipinski definition) is 12. The highest BCUT2D eigenvalue weighted by Gasteiger charge is 2.45. The minimum Gasteiger partial charge on any atom is -0.507 e. The Bertz CT molecular complexity index is 1270. The lowest BCUT2D eigenvalue weighted by atomic mass is 9.99. The number of ether oxygens (including phenoxy) is 3. The maximum Gasteiger partial charge on any atom is 0.239 e. The lowest BCUT2D eigenvalue weighted by molar-refractivity contribution is -0.277. The molecule has 12 heteroatoms. The molecule has 7 N–H and O–H groups in total. The van der Waals surface area contributed by atoms with E-state index in [9.17, 15) is 40.5 Å². The van der Waals surface area contributed by atoms with Crippen LogP contribution in [0.1, 0.15) is 0 Å². The van der Waals surface area contributed by atoms with Crippen LogP contribution in [0.15, 0.2) is 39.5 Å². The molecule has 0 radical (unpaired) electrons. The van der Waals surface area contributed by atoms with Crippen LogP contribution in [0, 0.1) is 0 Å². The van der Waals surface area contributed by atoms with Crippen molar-refractivity contribution in [3.63, 3.8) is 0 Å². The SMILES string of the molecule is COc1cc(O)c2c(=O)c(O[C@@H]3O[C@@H](CO)[C@H](O)[C@@H](O)[C@@H]3O)c(-c3ccc(O)c(O)c3)oc2c1. The molecule has 0 spiro atoms. The first kappa shape index (κ1) is 23.6. The van der Waals surface area contributed by atoms with Gasteiger partial charge in [-0.1, -0.05) is 0 Å². The van der Waals surface area contributed by atoms with Gasteiger partial charge in [0.2, 0.25) is 17.5 Å². The summed E-state index contributed by atoms with van der Waals surface area (Å²) in [6.07, 6.45) is -8.31. The highest BCUT2D eigenvalue weighted by Crippen LogP contribution is 2.39. The van der Waals surface area contributed by atoms with Crippen molar-refractivity contribution in [2.75, 3.05) is 13.7 Å². The van der Waals surface area contributed by atoms with Gasteiger partial charge in [-0.05, 0) is 18.2 Å². The van der Waals surface area contributed by atoms with Crippen LogP contribution in [0.2, 0.25) is 0 Å². The molecule has 1 aromatic heterocycles. The fourth-order valence-corrected chi connectivity index (χ4v) is 3.62. The van der Waals surface area contributed by atoms with Crippen LogP contribution in [0.25, 0.3) is 22.3 Å². The molecule has 4 rings (SSSR count). The molecule has 1 aliphatic heterocycles. The molecule has 1 aliphatic rings. The van der Waals surface area contributed by atoms with Crippen LogP contribution in [-0.2, 0) is 4.74 Å². The average Bonchev–Trinajstić information content (AvgIpc) is 2.82. The number of hydrogen-bond donors (Lipinski definition) is 7. The summed E-state index contributed by atoms with van der Waals surface area (Å²) in [5.41, 5.74) is -0.942. The maximum atomic E-state index is 13.4. The second kappa shape index (κ2) is 9.00. The third kappa shape index (κ3) is 3.97. The zero-order valence-corrected chi connectivity index (χ0v) is 17.7. The Morgan fingerprint density at radius 1 is 0.941 bits per heavy atom. The van der Waals surface area contributed by atoms with Gasteiger partial charge in [-0.2, -0.15) is 0 Å². The van der Waals surface area contributed by atoms with Crippen molar-refractivity contribution in [3.05, 3.63) is 40.6 Å². The van der Waals surface area contributed by atoms with Gasteiger partial charge in [0.25, 0.3) is 0 Å². The zero-order valence-electron chi connectivity index (χ0n) is 17.7. The van der Waals surface area contributed by atoms with Crippen molar-refractivity contribution >= 4 is 11.0 Å². The third-order valence-corrected chi connectivity index (χ3v) is 5.46. The van der Waals surface area contributed by atoms with E-state index in [0.29, 0.717) is 0 Å². The summed E-state index contributed by atoms with van der Waals surface area (Å²) in [6, 6.07) is 6.02. The van der Waals surface area contributed by atoms with Crippen LogP contribution >= 0.6 is 0 Å².